The van der Waals surface area contributed by atoms with Gasteiger partial charge in [-0.25, -0.2) is 14.6 Å². The van der Waals surface area contributed by atoms with Crippen LogP contribution in [0.4, 0.5) is 0 Å². The molecular weight excluding hydrogens is 338 g/mol. The lowest BCUT2D eigenvalue weighted by atomic mass is 10.2. The Kier molecular flexibility index (Phi) is 3.07. The Morgan fingerprint density at radius 2 is 2.04 bits per heavy atom. The number of pyridine rings is 2. The summed E-state index contributed by atoms with van der Waals surface area (Å²) in [6.07, 6.45) is 11.2. The van der Waals surface area contributed by atoms with E-state index in [0.29, 0.717) is 11.6 Å². The fourth-order valence-corrected chi connectivity index (χ4v) is 3.15. The predicted molar refractivity (Wildman–Crippen MR) is 93.5 cm³/mol. The molecule has 0 radical (unpaired) electrons. The van der Waals surface area contributed by atoms with E-state index >= 15 is 0 Å². The summed E-state index contributed by atoms with van der Waals surface area (Å²) in [5.74, 6) is 0. The highest BCUT2D eigenvalue weighted by molar-refractivity contribution is 6.30. The molecule has 0 bridgehead atoms. The van der Waals surface area contributed by atoms with Gasteiger partial charge in [-0.3, -0.25) is 0 Å². The first-order chi connectivity index (χ1) is 12.3. The highest BCUT2D eigenvalue weighted by Gasteiger charge is 2.11. The van der Waals surface area contributed by atoms with Crippen molar-refractivity contribution in [3.05, 3.63) is 72.3 Å². The summed E-state index contributed by atoms with van der Waals surface area (Å²) in [6.45, 7) is 0.546. The molecule has 5 heterocycles. The second kappa shape index (κ2) is 5.42. The quantitative estimate of drug-likeness (QED) is 0.502. The molecule has 0 amide bonds. The molecule has 0 atom stereocenters. The maximum atomic E-state index is 6.20. The number of hydrogen-bond donors (Lipinski definition) is 0. The minimum absolute atomic E-state index is 0.546. The molecule has 0 fully saturated rings. The Hall–Kier alpha value is -3.19. The van der Waals surface area contributed by atoms with E-state index in [4.69, 9.17) is 11.6 Å². The Labute approximate surface area is 147 Å². The Morgan fingerprint density at radius 1 is 1.08 bits per heavy atom. The first-order valence-electron chi connectivity index (χ1n) is 7.70. The lowest BCUT2D eigenvalue weighted by molar-refractivity contribution is 0.641. The summed E-state index contributed by atoms with van der Waals surface area (Å²) in [5, 5.41) is 9.13. The van der Waals surface area contributed by atoms with Crippen LogP contribution in [0.3, 0.4) is 0 Å². The van der Waals surface area contributed by atoms with Crippen LogP contribution in [0.5, 0.6) is 0 Å². The molecular formula is C17H12ClN7. The zero-order chi connectivity index (χ0) is 16.8. The minimum Gasteiger partial charge on any atom is -0.307 e. The van der Waals surface area contributed by atoms with E-state index in [9.17, 15) is 0 Å². The lowest BCUT2D eigenvalue weighted by Crippen LogP contribution is -2.00. The van der Waals surface area contributed by atoms with Crippen molar-refractivity contribution in [2.75, 3.05) is 0 Å². The zero-order valence-corrected chi connectivity index (χ0v) is 13.7. The Morgan fingerprint density at radius 3 is 2.96 bits per heavy atom. The normalized spacial score (nSPS) is 11.6. The van der Waals surface area contributed by atoms with Gasteiger partial charge in [-0.2, -0.15) is 0 Å². The molecule has 0 saturated heterocycles. The number of halogens is 1. The number of hydrogen-bond acceptors (Lipinski definition) is 4. The number of aromatic nitrogens is 7. The van der Waals surface area contributed by atoms with Gasteiger partial charge in [0.15, 0.2) is 0 Å². The second-order valence-corrected chi connectivity index (χ2v) is 6.19. The molecule has 0 aliphatic heterocycles. The summed E-state index contributed by atoms with van der Waals surface area (Å²) in [4.78, 5) is 8.75. The molecule has 0 saturated carbocycles. The van der Waals surface area contributed by atoms with Crippen molar-refractivity contribution in [1.29, 1.82) is 0 Å². The molecule has 7 nitrogen and oxygen atoms in total. The van der Waals surface area contributed by atoms with Gasteiger partial charge in [0.25, 0.3) is 0 Å². The largest absolute Gasteiger partial charge is 0.307 e. The third kappa shape index (κ3) is 2.45. The highest BCUT2D eigenvalue weighted by atomic mass is 35.5. The summed E-state index contributed by atoms with van der Waals surface area (Å²) in [5.41, 5.74) is 4.41. The van der Waals surface area contributed by atoms with Gasteiger partial charge in [-0.1, -0.05) is 22.9 Å². The standard InChI is InChI=1S/C17H12ClN7/c18-12-5-14(16-6-19-11-24(16)7-12)15-10-25(22-21-15)9-13-8-23-4-2-1-3-17(23)20-13/h1-8,10-11H,9H2. The van der Waals surface area contributed by atoms with E-state index < -0.39 is 0 Å². The Bertz CT molecular complexity index is 1170. The fraction of sp³-hybridized carbons (Fsp3) is 0.0588. The number of nitrogens with zero attached hydrogens (tertiary/aromatic N) is 7. The van der Waals surface area contributed by atoms with E-state index in [0.717, 1.165) is 28.1 Å². The van der Waals surface area contributed by atoms with Gasteiger partial charge < -0.3 is 8.80 Å². The molecule has 5 rings (SSSR count). The van der Waals surface area contributed by atoms with Gasteiger partial charge >= 0.3 is 0 Å². The van der Waals surface area contributed by atoms with Crippen molar-refractivity contribution < 1.29 is 0 Å². The highest BCUT2D eigenvalue weighted by Crippen LogP contribution is 2.26. The summed E-state index contributed by atoms with van der Waals surface area (Å²) < 4.78 is 5.63. The fourth-order valence-electron chi connectivity index (χ4n) is 2.93. The van der Waals surface area contributed by atoms with Crippen molar-refractivity contribution in [2.24, 2.45) is 0 Å². The first-order valence-corrected chi connectivity index (χ1v) is 8.08. The van der Waals surface area contributed by atoms with Gasteiger partial charge in [0.2, 0.25) is 0 Å². The lowest BCUT2D eigenvalue weighted by Gasteiger charge is -2.01. The molecule has 5 aromatic heterocycles. The van der Waals surface area contributed by atoms with Crippen molar-refractivity contribution in [1.82, 2.24) is 33.8 Å². The molecule has 0 aliphatic rings. The number of imidazole rings is 2. The third-order valence-corrected chi connectivity index (χ3v) is 4.25. The van der Waals surface area contributed by atoms with Crippen LogP contribution < -0.4 is 0 Å². The average molecular weight is 350 g/mol. The van der Waals surface area contributed by atoms with Gasteiger partial charge in [0, 0.05) is 24.2 Å². The van der Waals surface area contributed by atoms with E-state index in [1.165, 1.54) is 0 Å². The molecule has 8 heteroatoms. The van der Waals surface area contributed by atoms with Gasteiger partial charge in [-0.15, -0.1) is 5.10 Å². The number of rotatable bonds is 3. The zero-order valence-electron chi connectivity index (χ0n) is 13.0. The molecule has 5 aromatic rings. The van der Waals surface area contributed by atoms with Crippen molar-refractivity contribution >= 4 is 22.8 Å². The molecule has 0 spiro atoms. The summed E-state index contributed by atoms with van der Waals surface area (Å²) >= 11 is 6.20. The van der Waals surface area contributed by atoms with E-state index in [2.05, 4.69) is 20.3 Å². The molecule has 25 heavy (non-hydrogen) atoms. The van der Waals surface area contributed by atoms with E-state index in [1.54, 1.807) is 17.2 Å². The van der Waals surface area contributed by atoms with Crippen LogP contribution in [0.15, 0.2) is 61.6 Å². The Balaban J connectivity index is 1.51. The van der Waals surface area contributed by atoms with Crippen molar-refractivity contribution in [2.45, 2.75) is 6.54 Å². The molecule has 0 aromatic carbocycles. The van der Waals surface area contributed by atoms with Gasteiger partial charge in [0.1, 0.15) is 11.3 Å². The summed E-state index contributed by atoms with van der Waals surface area (Å²) in [7, 11) is 0. The van der Waals surface area contributed by atoms with Crippen LogP contribution in [0.25, 0.3) is 22.4 Å². The predicted octanol–water partition coefficient (Wildman–Crippen LogP) is 2.94. The molecule has 122 valence electrons. The maximum absolute atomic E-state index is 6.20. The van der Waals surface area contributed by atoms with Crippen LogP contribution in [0, 0.1) is 0 Å². The van der Waals surface area contributed by atoms with Crippen LogP contribution in [0.1, 0.15) is 5.69 Å². The smallest absolute Gasteiger partial charge is 0.137 e. The number of fused-ring (bicyclic) bond motifs is 2. The average Bonchev–Trinajstić information content (AvgIpc) is 3.32. The molecule has 0 N–H and O–H groups in total. The topological polar surface area (TPSA) is 65.3 Å². The maximum Gasteiger partial charge on any atom is 0.137 e. The van der Waals surface area contributed by atoms with Crippen LogP contribution >= 0.6 is 11.6 Å². The van der Waals surface area contributed by atoms with E-state index in [1.807, 2.05) is 57.9 Å². The first kappa shape index (κ1) is 14.2. The van der Waals surface area contributed by atoms with Crippen molar-refractivity contribution in [3.63, 3.8) is 0 Å². The second-order valence-electron chi connectivity index (χ2n) is 5.76. The van der Waals surface area contributed by atoms with Crippen LogP contribution in [-0.4, -0.2) is 33.8 Å². The van der Waals surface area contributed by atoms with Crippen LogP contribution in [0.2, 0.25) is 5.02 Å². The minimum atomic E-state index is 0.546. The van der Waals surface area contributed by atoms with Gasteiger partial charge in [0.05, 0.1) is 41.5 Å². The van der Waals surface area contributed by atoms with Gasteiger partial charge in [-0.05, 0) is 18.2 Å². The molecule has 0 aliphatic carbocycles. The van der Waals surface area contributed by atoms with E-state index in [-0.39, 0.29) is 0 Å². The summed E-state index contributed by atoms with van der Waals surface area (Å²) in [6, 6.07) is 7.79. The third-order valence-electron chi connectivity index (χ3n) is 4.04. The molecule has 0 unspecified atom stereocenters. The van der Waals surface area contributed by atoms with Crippen LogP contribution in [-0.2, 0) is 6.54 Å². The van der Waals surface area contributed by atoms with Crippen molar-refractivity contribution in [3.8, 4) is 11.3 Å². The SMILES string of the molecule is Clc1cc(-c2cn(Cc3cn4ccccc4n3)nn2)c2cncn2c1. The monoisotopic (exact) mass is 349 g/mol.